The van der Waals surface area contributed by atoms with Crippen molar-refractivity contribution in [1.82, 2.24) is 0 Å². The number of aliphatic hydroxyl groups excluding tert-OH is 1. The number of benzene rings is 6. The molecule has 6 aromatic rings. The number of nitrogens with one attached hydrogen (secondary N) is 1. The van der Waals surface area contributed by atoms with Crippen molar-refractivity contribution in [2.24, 2.45) is 25.4 Å². The highest BCUT2D eigenvalue weighted by atomic mass is 32.2. The highest BCUT2D eigenvalue weighted by molar-refractivity contribution is 7.86. The average molecular weight is 911 g/mol. The molecular formula is C37H30N6O16S3. The standard InChI is InChI=1S/C37H30N6O16S3/c1-17-8-26(31(59-3)16-25(17)40-42-28-14-22(60(49,50)51)10-20-11-23(61(52,53)54)15-29(44)33(20)28)39-37(48)38-21-5-6-24-19(9-21)13-32(62(55,56)57)34(35(24)45)43-41-27-12-18(36(46)47)4-7-30(27)58-2/h4-16,44-45H,1-3H3,(H,46,47)(H2,38,39,48)(H,49,50,51)(H,52,53,54)(H,55,56,57). The van der Waals surface area contributed by atoms with E-state index in [1.807, 2.05) is 0 Å². The summed E-state index contributed by atoms with van der Waals surface area (Å²) in [5, 5.41) is 60.0. The van der Waals surface area contributed by atoms with E-state index in [1.54, 1.807) is 6.92 Å². The molecular weight excluding hydrogens is 881 g/mol. The predicted molar refractivity (Wildman–Crippen MR) is 220 cm³/mol. The number of anilines is 1. The van der Waals surface area contributed by atoms with E-state index in [2.05, 4.69) is 30.8 Å². The van der Waals surface area contributed by atoms with Gasteiger partial charge in [0.1, 0.15) is 39.2 Å². The van der Waals surface area contributed by atoms with Crippen molar-refractivity contribution in [1.29, 1.82) is 0 Å². The molecule has 62 heavy (non-hydrogen) atoms. The molecule has 0 aromatic heterocycles. The van der Waals surface area contributed by atoms with Crippen LogP contribution in [0.5, 0.6) is 23.0 Å². The lowest BCUT2D eigenvalue weighted by molar-refractivity contribution is 0.0696. The Labute approximate surface area is 350 Å². The van der Waals surface area contributed by atoms with E-state index >= 15 is 0 Å². The van der Waals surface area contributed by atoms with Gasteiger partial charge in [-0.15, -0.1) is 15.3 Å². The van der Waals surface area contributed by atoms with Gasteiger partial charge in [-0.3, -0.25) is 13.7 Å². The fourth-order valence-electron chi connectivity index (χ4n) is 5.92. The molecule has 8 N–H and O–H groups in total. The Morgan fingerprint density at radius 3 is 1.87 bits per heavy atom. The van der Waals surface area contributed by atoms with E-state index in [4.69, 9.17) is 9.47 Å². The minimum absolute atomic E-state index is 0.0188. The molecule has 22 nitrogen and oxygen atoms in total. The first-order valence-corrected chi connectivity index (χ1v) is 21.3. The smallest absolute Gasteiger partial charge is 0.335 e. The average Bonchev–Trinajstić information content (AvgIpc) is 3.18. The SMILES string of the molecule is COc1ccc(C(=O)O)cc1N=Nc1c(S(=O)(=O)O)cc2cc(NC(O)=Nc3cc(C)c(N=Nc4cc(S(=O)(=O)O)cc5cc(S(=O)(=O)O)cc(O)c45)cc3OC)ccc2c1O. The predicted octanol–water partition coefficient (Wildman–Crippen LogP) is 7.66. The molecule has 25 heteroatoms. The number of amidine groups is 1. The van der Waals surface area contributed by atoms with Crippen LogP contribution in [0.3, 0.4) is 0 Å². The quantitative estimate of drug-likeness (QED) is 0.0253. The molecule has 6 aromatic carbocycles. The number of hydrogen-bond acceptors (Lipinski definition) is 16. The Bertz CT molecular complexity index is 3300. The van der Waals surface area contributed by atoms with Gasteiger partial charge in [-0.05, 0) is 90.0 Å². The van der Waals surface area contributed by atoms with Crippen LogP contribution in [0.4, 0.5) is 34.1 Å². The summed E-state index contributed by atoms with van der Waals surface area (Å²) in [7, 11) is -12.2. The van der Waals surface area contributed by atoms with Gasteiger partial charge in [0.2, 0.25) is 0 Å². The number of phenolic OH excluding ortho intramolecular Hbond substituents is 2. The molecule has 0 aliphatic carbocycles. The first-order chi connectivity index (χ1) is 29.0. The summed E-state index contributed by atoms with van der Waals surface area (Å²) < 4.78 is 112. The van der Waals surface area contributed by atoms with Crippen LogP contribution >= 0.6 is 0 Å². The number of hydrogen-bond donors (Lipinski definition) is 8. The molecule has 0 aliphatic rings. The molecule has 0 radical (unpaired) electrons. The van der Waals surface area contributed by atoms with Crippen molar-refractivity contribution in [2.75, 3.05) is 19.5 Å². The number of aliphatic imine (C=N–C) groups is 1. The van der Waals surface area contributed by atoms with E-state index in [0.29, 0.717) is 11.6 Å². The Kier molecular flexibility index (Phi) is 11.9. The lowest BCUT2D eigenvalue weighted by Crippen LogP contribution is -2.10. The number of aliphatic hydroxyl groups is 1. The summed E-state index contributed by atoms with van der Waals surface area (Å²) in [5.41, 5.74) is -0.722. The molecule has 322 valence electrons. The first kappa shape index (κ1) is 44.3. The lowest BCUT2D eigenvalue weighted by atomic mass is 10.1. The molecule has 0 bridgehead atoms. The van der Waals surface area contributed by atoms with Gasteiger partial charge in [-0.25, -0.2) is 4.79 Å². The van der Waals surface area contributed by atoms with Gasteiger partial charge in [0.15, 0.2) is 5.75 Å². The number of phenols is 2. The number of azo groups is 2. The van der Waals surface area contributed by atoms with E-state index in [9.17, 15) is 64.1 Å². The number of methoxy groups -OCH3 is 2. The molecule has 6 rings (SSSR count). The maximum atomic E-state index is 12.4. The molecule has 0 atom stereocenters. The number of aryl methyl sites for hydroxylation is 1. The van der Waals surface area contributed by atoms with E-state index in [-0.39, 0.29) is 67.0 Å². The molecule has 0 spiro atoms. The fraction of sp³-hybridized carbons (Fsp3) is 0.0811. The number of nitrogens with zero attached hydrogens (tertiary/aromatic N) is 5. The lowest BCUT2D eigenvalue weighted by Gasteiger charge is -2.12. The van der Waals surface area contributed by atoms with Crippen LogP contribution in [-0.4, -0.2) is 85.5 Å². The van der Waals surface area contributed by atoms with Gasteiger partial charge in [0.25, 0.3) is 36.4 Å². The van der Waals surface area contributed by atoms with Gasteiger partial charge in [0, 0.05) is 23.2 Å². The molecule has 0 saturated heterocycles. The molecule has 0 heterocycles. The topological polar surface area (TPSA) is 353 Å². The van der Waals surface area contributed by atoms with Crippen LogP contribution < -0.4 is 14.8 Å². The summed E-state index contributed by atoms with van der Waals surface area (Å²) in [6.45, 7) is 1.56. The molecule has 0 fully saturated rings. The van der Waals surface area contributed by atoms with Crippen molar-refractivity contribution in [3.05, 3.63) is 90.0 Å². The summed E-state index contributed by atoms with van der Waals surface area (Å²) in [5.74, 6) is -2.65. The van der Waals surface area contributed by atoms with Crippen LogP contribution in [0.1, 0.15) is 15.9 Å². The highest BCUT2D eigenvalue weighted by Crippen LogP contribution is 2.44. The number of rotatable bonds is 12. The van der Waals surface area contributed by atoms with Gasteiger partial charge >= 0.3 is 5.97 Å². The second-order valence-corrected chi connectivity index (χ2v) is 17.1. The van der Waals surface area contributed by atoms with Gasteiger partial charge in [0.05, 0.1) is 46.3 Å². The van der Waals surface area contributed by atoms with Crippen molar-refractivity contribution < 1.29 is 73.6 Å². The summed E-state index contributed by atoms with van der Waals surface area (Å²) in [6.07, 6.45) is 0. The summed E-state index contributed by atoms with van der Waals surface area (Å²) in [4.78, 5) is 13.2. The zero-order valence-corrected chi connectivity index (χ0v) is 34.2. The summed E-state index contributed by atoms with van der Waals surface area (Å²) in [6, 6.07) is 13.9. The van der Waals surface area contributed by atoms with Crippen molar-refractivity contribution in [3.63, 3.8) is 0 Å². The second kappa shape index (κ2) is 16.6. The largest absolute Gasteiger partial charge is 0.507 e. The Morgan fingerprint density at radius 1 is 0.629 bits per heavy atom. The number of ether oxygens (including phenoxy) is 2. The fourth-order valence-corrected chi connectivity index (χ4v) is 7.65. The van der Waals surface area contributed by atoms with Crippen LogP contribution in [-0.2, 0) is 30.4 Å². The zero-order chi connectivity index (χ0) is 45.5. The Hall–Kier alpha value is -7.29. The monoisotopic (exact) mass is 910 g/mol. The van der Waals surface area contributed by atoms with Crippen molar-refractivity contribution >= 4 is 98.0 Å². The van der Waals surface area contributed by atoms with Gasteiger partial charge in [-0.2, -0.15) is 35.4 Å². The molecule has 0 aliphatic heterocycles. The third-order valence-electron chi connectivity index (χ3n) is 8.81. The van der Waals surface area contributed by atoms with E-state index in [1.165, 1.54) is 56.7 Å². The van der Waals surface area contributed by atoms with Crippen LogP contribution in [0, 0.1) is 6.92 Å². The molecule has 0 unspecified atom stereocenters. The third kappa shape index (κ3) is 9.36. The number of carboxylic acids is 1. The van der Waals surface area contributed by atoms with Crippen molar-refractivity contribution in [3.8, 4) is 23.0 Å². The number of aromatic carboxylic acids is 1. The first-order valence-electron chi connectivity index (χ1n) is 17.0. The Morgan fingerprint density at radius 2 is 1.26 bits per heavy atom. The second-order valence-electron chi connectivity index (χ2n) is 12.9. The number of carboxylic acid groups (broad SMARTS) is 1. The summed E-state index contributed by atoms with van der Waals surface area (Å²) >= 11 is 0. The zero-order valence-electron chi connectivity index (χ0n) is 31.8. The van der Waals surface area contributed by atoms with Crippen LogP contribution in [0.2, 0.25) is 0 Å². The Balaban J connectivity index is 1.32. The third-order valence-corrected chi connectivity index (χ3v) is 11.3. The minimum atomic E-state index is -5.06. The van der Waals surface area contributed by atoms with Gasteiger partial charge < -0.3 is 35.2 Å². The van der Waals surface area contributed by atoms with Crippen LogP contribution in [0.25, 0.3) is 21.5 Å². The van der Waals surface area contributed by atoms with E-state index < -0.39 is 74.2 Å². The number of aromatic hydroxyl groups is 2. The van der Waals surface area contributed by atoms with Crippen molar-refractivity contribution in [2.45, 2.75) is 21.6 Å². The molecule has 0 amide bonds. The number of carbonyl (C=O) groups is 1. The minimum Gasteiger partial charge on any atom is -0.507 e. The maximum absolute atomic E-state index is 12.4. The molecule has 0 saturated carbocycles. The van der Waals surface area contributed by atoms with Crippen LogP contribution in [0.15, 0.2) is 119 Å². The highest BCUT2D eigenvalue weighted by Gasteiger charge is 2.24. The maximum Gasteiger partial charge on any atom is 0.335 e. The van der Waals surface area contributed by atoms with E-state index in [0.717, 1.165) is 30.3 Å². The normalized spacial score (nSPS) is 12.7. The van der Waals surface area contributed by atoms with Gasteiger partial charge in [-0.1, -0.05) is 0 Å². The number of fused-ring (bicyclic) bond motifs is 2.